The van der Waals surface area contributed by atoms with E-state index in [1.165, 1.54) is 16.9 Å². The minimum absolute atomic E-state index is 0.157. The molecule has 0 aliphatic carbocycles. The van der Waals surface area contributed by atoms with E-state index in [-0.39, 0.29) is 6.04 Å². The quantitative estimate of drug-likeness (QED) is 0.676. The van der Waals surface area contributed by atoms with E-state index < -0.39 is 0 Å². The molecule has 20 heavy (non-hydrogen) atoms. The molecule has 1 nitrogen and oxygen atoms in total. The monoisotopic (exact) mass is 347 g/mol. The minimum atomic E-state index is 0.157. The lowest BCUT2D eigenvalue weighted by Gasteiger charge is -2.18. The zero-order chi connectivity index (χ0) is 14.5. The van der Waals surface area contributed by atoms with Crippen LogP contribution in [0.15, 0.2) is 30.3 Å². The summed E-state index contributed by atoms with van der Waals surface area (Å²) >= 11 is 19.8. The van der Waals surface area contributed by atoms with E-state index in [1.54, 1.807) is 0 Å². The summed E-state index contributed by atoms with van der Waals surface area (Å²) in [5.74, 6) is 0. The largest absolute Gasteiger partial charge is 0.310 e. The Hall–Kier alpha value is -0.250. The molecule has 0 bridgehead atoms. The lowest BCUT2D eigenvalue weighted by atomic mass is 10.0. The Kier molecular flexibility index (Phi) is 6.19. The molecule has 1 aromatic heterocycles. The van der Waals surface area contributed by atoms with Gasteiger partial charge in [-0.2, -0.15) is 0 Å². The smallest absolute Gasteiger partial charge is 0.0992 e. The molecule has 0 saturated carbocycles. The summed E-state index contributed by atoms with van der Waals surface area (Å²) in [7, 11) is 0. The maximum atomic E-state index is 6.28. The first-order valence-electron chi connectivity index (χ1n) is 6.52. The van der Waals surface area contributed by atoms with E-state index in [0.29, 0.717) is 0 Å². The first kappa shape index (κ1) is 16.1. The summed E-state index contributed by atoms with van der Waals surface area (Å²) in [4.78, 5) is 0. The molecule has 1 aromatic carbocycles. The van der Waals surface area contributed by atoms with Gasteiger partial charge in [-0.05, 0) is 43.1 Å². The van der Waals surface area contributed by atoms with Crippen LogP contribution in [0.5, 0.6) is 0 Å². The highest BCUT2D eigenvalue weighted by Crippen LogP contribution is 2.36. The fourth-order valence-corrected chi connectivity index (χ4v) is 3.89. The number of hydrogen-bond acceptors (Lipinski definition) is 2. The van der Waals surface area contributed by atoms with Crippen molar-refractivity contribution in [1.29, 1.82) is 0 Å². The molecule has 2 rings (SSSR count). The van der Waals surface area contributed by atoms with Crippen LogP contribution in [0.1, 0.15) is 30.5 Å². The first-order valence-corrected chi connectivity index (χ1v) is 8.47. The van der Waals surface area contributed by atoms with Gasteiger partial charge in [0.2, 0.25) is 0 Å². The van der Waals surface area contributed by atoms with Crippen molar-refractivity contribution < 1.29 is 0 Å². The number of hydrogen-bond donors (Lipinski definition) is 1. The normalized spacial score (nSPS) is 12.6. The molecule has 0 aliphatic rings. The van der Waals surface area contributed by atoms with Crippen molar-refractivity contribution in [2.75, 3.05) is 6.54 Å². The molecule has 5 heteroatoms. The standard InChI is InChI=1S/C15H16Cl3NS/c1-2-6-19-13(12-9-14(17)20-15(12)18)8-10-4-3-5-11(16)7-10/h3-5,7,9,13,19H,2,6,8H2,1H3. The molecule has 1 unspecified atom stereocenters. The molecular weight excluding hydrogens is 333 g/mol. The summed E-state index contributed by atoms with van der Waals surface area (Å²) in [5.41, 5.74) is 2.25. The van der Waals surface area contributed by atoms with Gasteiger partial charge in [0.15, 0.2) is 0 Å². The molecule has 2 aromatic rings. The van der Waals surface area contributed by atoms with Crippen LogP contribution in [-0.2, 0) is 6.42 Å². The second-order valence-electron chi connectivity index (χ2n) is 4.62. The lowest BCUT2D eigenvalue weighted by molar-refractivity contribution is 0.531. The molecule has 1 heterocycles. The molecule has 108 valence electrons. The highest BCUT2D eigenvalue weighted by molar-refractivity contribution is 7.20. The Bertz CT molecular complexity index is 568. The Morgan fingerprint density at radius 1 is 1.20 bits per heavy atom. The van der Waals surface area contributed by atoms with Crippen LogP contribution in [0.25, 0.3) is 0 Å². The van der Waals surface area contributed by atoms with Gasteiger partial charge in [-0.3, -0.25) is 0 Å². The van der Waals surface area contributed by atoms with E-state index in [9.17, 15) is 0 Å². The summed E-state index contributed by atoms with van der Waals surface area (Å²) in [5, 5.41) is 4.28. The third kappa shape index (κ3) is 4.37. The third-order valence-corrected chi connectivity index (χ3v) is 4.78. The van der Waals surface area contributed by atoms with Crippen molar-refractivity contribution in [1.82, 2.24) is 5.32 Å². The Morgan fingerprint density at radius 3 is 2.60 bits per heavy atom. The number of nitrogens with one attached hydrogen (secondary N) is 1. The van der Waals surface area contributed by atoms with Crippen LogP contribution < -0.4 is 5.32 Å². The van der Waals surface area contributed by atoms with E-state index in [2.05, 4.69) is 18.3 Å². The molecule has 0 aliphatic heterocycles. The van der Waals surface area contributed by atoms with Crippen molar-refractivity contribution in [3.05, 3.63) is 55.2 Å². The number of rotatable bonds is 6. The molecule has 0 saturated heterocycles. The highest BCUT2D eigenvalue weighted by Gasteiger charge is 2.17. The second-order valence-corrected chi connectivity index (χ2v) is 7.34. The van der Waals surface area contributed by atoms with Gasteiger partial charge in [0.05, 0.1) is 8.67 Å². The van der Waals surface area contributed by atoms with Crippen molar-refractivity contribution in [3.63, 3.8) is 0 Å². The predicted octanol–water partition coefficient (Wildman–Crippen LogP) is 5.99. The topological polar surface area (TPSA) is 12.0 Å². The van der Waals surface area contributed by atoms with Crippen LogP contribution in [0.4, 0.5) is 0 Å². The second kappa shape index (κ2) is 7.67. The van der Waals surface area contributed by atoms with Crippen LogP contribution in [0.2, 0.25) is 13.7 Å². The minimum Gasteiger partial charge on any atom is -0.310 e. The Labute approximate surface area is 138 Å². The molecule has 1 atom stereocenters. The van der Waals surface area contributed by atoms with E-state index >= 15 is 0 Å². The van der Waals surface area contributed by atoms with Crippen molar-refractivity contribution in [2.45, 2.75) is 25.8 Å². The number of thiophene rings is 1. The number of benzene rings is 1. The molecular formula is C15H16Cl3NS. The van der Waals surface area contributed by atoms with E-state index in [1.807, 2.05) is 24.3 Å². The SMILES string of the molecule is CCCNC(Cc1cccc(Cl)c1)c1cc(Cl)sc1Cl. The van der Waals surface area contributed by atoms with Gasteiger partial charge in [-0.1, -0.05) is 53.9 Å². The lowest BCUT2D eigenvalue weighted by Crippen LogP contribution is -2.24. The van der Waals surface area contributed by atoms with E-state index in [0.717, 1.165) is 38.6 Å². The van der Waals surface area contributed by atoms with Crippen LogP contribution in [-0.4, -0.2) is 6.54 Å². The molecule has 0 radical (unpaired) electrons. The van der Waals surface area contributed by atoms with E-state index in [4.69, 9.17) is 34.8 Å². The van der Waals surface area contributed by atoms with Crippen LogP contribution in [0.3, 0.4) is 0 Å². The van der Waals surface area contributed by atoms with Gasteiger partial charge in [-0.25, -0.2) is 0 Å². The maximum absolute atomic E-state index is 6.28. The zero-order valence-electron chi connectivity index (χ0n) is 11.1. The number of halogens is 3. The van der Waals surface area contributed by atoms with Gasteiger partial charge in [0.1, 0.15) is 0 Å². The average Bonchev–Trinajstić information content (AvgIpc) is 2.73. The molecule has 0 spiro atoms. The van der Waals surface area contributed by atoms with Crippen LogP contribution >= 0.6 is 46.1 Å². The van der Waals surface area contributed by atoms with Gasteiger partial charge in [-0.15, -0.1) is 11.3 Å². The maximum Gasteiger partial charge on any atom is 0.0992 e. The first-order chi connectivity index (χ1) is 9.60. The van der Waals surface area contributed by atoms with Gasteiger partial charge >= 0.3 is 0 Å². The summed E-state index contributed by atoms with van der Waals surface area (Å²) < 4.78 is 1.48. The average molecular weight is 349 g/mol. The molecule has 0 fully saturated rings. The van der Waals surface area contributed by atoms with Crippen LogP contribution in [0, 0.1) is 0 Å². The fraction of sp³-hybridized carbons (Fsp3) is 0.333. The van der Waals surface area contributed by atoms with Gasteiger partial charge < -0.3 is 5.32 Å². The Balaban J connectivity index is 2.21. The van der Waals surface area contributed by atoms with Crippen molar-refractivity contribution in [2.24, 2.45) is 0 Å². The summed E-state index contributed by atoms with van der Waals surface area (Å²) in [6.07, 6.45) is 1.91. The third-order valence-electron chi connectivity index (χ3n) is 3.03. The highest BCUT2D eigenvalue weighted by atomic mass is 35.5. The zero-order valence-corrected chi connectivity index (χ0v) is 14.2. The summed E-state index contributed by atoms with van der Waals surface area (Å²) in [6, 6.07) is 10.0. The van der Waals surface area contributed by atoms with Gasteiger partial charge in [0, 0.05) is 16.6 Å². The van der Waals surface area contributed by atoms with Crippen molar-refractivity contribution in [3.8, 4) is 0 Å². The van der Waals surface area contributed by atoms with Gasteiger partial charge in [0.25, 0.3) is 0 Å². The molecule has 0 amide bonds. The predicted molar refractivity (Wildman–Crippen MR) is 90.5 cm³/mol. The fourth-order valence-electron chi connectivity index (χ4n) is 2.10. The Morgan fingerprint density at radius 2 is 2.00 bits per heavy atom. The summed E-state index contributed by atoms with van der Waals surface area (Å²) in [6.45, 7) is 3.08. The van der Waals surface area contributed by atoms with Crippen molar-refractivity contribution >= 4 is 46.1 Å². The molecule has 1 N–H and O–H groups in total.